The molecule has 4 fully saturated rings. The van der Waals surface area contributed by atoms with Crippen LogP contribution in [-0.2, 0) is 14.3 Å². The lowest BCUT2D eigenvalue weighted by molar-refractivity contribution is -0.134. The highest BCUT2D eigenvalue weighted by Gasteiger charge is 2.85. The molecule has 4 heteroatoms. The summed E-state index contributed by atoms with van der Waals surface area (Å²) in [7, 11) is 0. The third-order valence-electron chi connectivity index (χ3n) is 9.75. The molecule has 1 N–H and O–H groups in total. The maximum atomic E-state index is 11.6. The van der Waals surface area contributed by atoms with Crippen molar-refractivity contribution in [2.45, 2.75) is 82.5 Å². The van der Waals surface area contributed by atoms with E-state index in [0.717, 1.165) is 44.1 Å². The monoisotopic (exact) mass is 370 g/mol. The Morgan fingerprint density at radius 1 is 1.15 bits per heavy atom. The largest absolute Gasteiger partial charge is 0.458 e. The fourth-order valence-corrected chi connectivity index (χ4v) is 8.35. The van der Waals surface area contributed by atoms with Gasteiger partial charge in [-0.15, -0.1) is 0 Å². The van der Waals surface area contributed by atoms with Gasteiger partial charge >= 0.3 is 5.97 Å². The zero-order chi connectivity index (χ0) is 18.7. The summed E-state index contributed by atoms with van der Waals surface area (Å²) in [6.45, 7) is 5.28. The van der Waals surface area contributed by atoms with Crippen molar-refractivity contribution in [1.29, 1.82) is 0 Å². The van der Waals surface area contributed by atoms with Crippen LogP contribution >= 0.6 is 0 Å². The molecule has 1 saturated heterocycles. The number of rotatable bonds is 1. The third-order valence-corrected chi connectivity index (χ3v) is 9.75. The molecule has 3 saturated carbocycles. The molecule has 4 aliphatic carbocycles. The fraction of sp³-hybridized carbons (Fsp3) is 0.783. The molecule has 0 aromatic heterocycles. The number of carbonyl (C=O) groups is 1. The van der Waals surface area contributed by atoms with E-state index >= 15 is 0 Å². The Kier molecular flexibility index (Phi) is 3.04. The minimum atomic E-state index is -0.204. The van der Waals surface area contributed by atoms with E-state index in [4.69, 9.17) is 9.47 Å². The molecule has 6 aliphatic rings. The SMILES string of the molecule is CC12CCC(O)CC1CCC13OC14CC=C(C1=CC(=O)OC1)C4(C)CCC23. The Labute approximate surface area is 161 Å². The van der Waals surface area contributed by atoms with E-state index < -0.39 is 0 Å². The highest BCUT2D eigenvalue weighted by atomic mass is 16.6. The topological polar surface area (TPSA) is 59.1 Å². The molecule has 7 unspecified atom stereocenters. The summed E-state index contributed by atoms with van der Waals surface area (Å²) in [5.74, 6) is 1.04. The van der Waals surface area contributed by atoms with E-state index in [2.05, 4.69) is 19.9 Å². The van der Waals surface area contributed by atoms with Crippen LogP contribution in [0.1, 0.15) is 65.2 Å². The van der Waals surface area contributed by atoms with Gasteiger partial charge < -0.3 is 14.6 Å². The summed E-state index contributed by atoms with van der Waals surface area (Å²) in [5.41, 5.74) is 2.63. The molecule has 27 heavy (non-hydrogen) atoms. The van der Waals surface area contributed by atoms with E-state index in [1.165, 1.54) is 18.4 Å². The molecule has 0 radical (unpaired) electrons. The van der Waals surface area contributed by atoms with Crippen molar-refractivity contribution in [2.24, 2.45) is 22.7 Å². The first-order chi connectivity index (χ1) is 12.8. The number of esters is 1. The summed E-state index contributed by atoms with van der Waals surface area (Å²) in [6, 6.07) is 0. The first-order valence-electron chi connectivity index (χ1n) is 10.8. The molecule has 0 bridgehead atoms. The van der Waals surface area contributed by atoms with Gasteiger partial charge in [0.05, 0.1) is 6.10 Å². The number of epoxide rings is 1. The minimum absolute atomic E-state index is 0.000685. The van der Waals surface area contributed by atoms with Crippen LogP contribution in [0.4, 0.5) is 0 Å². The molecule has 2 heterocycles. The van der Waals surface area contributed by atoms with Crippen LogP contribution in [-0.4, -0.2) is 35.0 Å². The van der Waals surface area contributed by atoms with E-state index in [1.54, 1.807) is 6.08 Å². The summed E-state index contributed by atoms with van der Waals surface area (Å²) in [4.78, 5) is 11.6. The smallest absolute Gasteiger partial charge is 0.331 e. The highest BCUT2D eigenvalue weighted by molar-refractivity contribution is 5.87. The summed E-state index contributed by atoms with van der Waals surface area (Å²) in [6.07, 6.45) is 12.6. The second kappa shape index (κ2) is 4.88. The molecule has 2 aliphatic heterocycles. The van der Waals surface area contributed by atoms with Crippen LogP contribution < -0.4 is 0 Å². The zero-order valence-electron chi connectivity index (χ0n) is 16.4. The van der Waals surface area contributed by atoms with Crippen LogP contribution in [0.5, 0.6) is 0 Å². The lowest BCUT2D eigenvalue weighted by atomic mass is 9.44. The summed E-state index contributed by atoms with van der Waals surface area (Å²) in [5, 5.41) is 10.2. The van der Waals surface area contributed by atoms with E-state index in [1.807, 2.05) is 0 Å². The molecule has 146 valence electrons. The first kappa shape index (κ1) is 16.8. The zero-order valence-corrected chi connectivity index (χ0v) is 16.4. The average Bonchev–Trinajstić information content (AvgIpc) is 2.94. The van der Waals surface area contributed by atoms with Gasteiger partial charge in [-0.3, -0.25) is 0 Å². The van der Waals surface area contributed by atoms with Gasteiger partial charge in [0.1, 0.15) is 17.8 Å². The molecule has 6 rings (SSSR count). The van der Waals surface area contributed by atoms with Crippen LogP contribution in [0.15, 0.2) is 23.3 Å². The minimum Gasteiger partial charge on any atom is -0.458 e. The molecule has 0 amide bonds. The second-order valence-electron chi connectivity index (χ2n) is 10.5. The standard InChI is InChI=1S/C23H30O4/c1-20-7-4-16(24)12-15(20)3-9-22-18(20)6-8-21(2)17(5-10-23(21,22)27-22)14-11-19(25)26-13-14/h5,11,15-16,18,24H,3-4,6-10,12-13H2,1-2H3. The molecule has 4 nitrogen and oxygen atoms in total. The molecule has 0 aromatic carbocycles. The van der Waals surface area contributed by atoms with E-state index in [0.29, 0.717) is 23.9 Å². The number of carbonyl (C=O) groups excluding carboxylic acids is 1. The lowest BCUT2D eigenvalue weighted by Crippen LogP contribution is -2.58. The fourth-order valence-electron chi connectivity index (χ4n) is 8.35. The van der Waals surface area contributed by atoms with E-state index in [9.17, 15) is 9.90 Å². The maximum Gasteiger partial charge on any atom is 0.331 e. The number of hydrogen-bond donors (Lipinski definition) is 1. The normalized spacial score (nSPS) is 55.5. The van der Waals surface area contributed by atoms with Gasteiger partial charge in [-0.2, -0.15) is 0 Å². The van der Waals surface area contributed by atoms with Gasteiger partial charge in [-0.25, -0.2) is 4.79 Å². The Hall–Kier alpha value is -1.13. The van der Waals surface area contributed by atoms with Gasteiger partial charge in [-0.1, -0.05) is 19.9 Å². The van der Waals surface area contributed by atoms with Gasteiger partial charge in [-0.05, 0) is 74.2 Å². The number of aliphatic hydroxyl groups is 1. The molecule has 2 spiro atoms. The van der Waals surface area contributed by atoms with Gasteiger partial charge in [0.25, 0.3) is 0 Å². The van der Waals surface area contributed by atoms with E-state index in [-0.39, 0.29) is 28.7 Å². The molecular formula is C23H30O4. The predicted octanol–water partition coefficient (Wildman–Crippen LogP) is 3.68. The van der Waals surface area contributed by atoms with Crippen molar-refractivity contribution >= 4 is 5.97 Å². The average molecular weight is 370 g/mol. The number of ether oxygens (including phenoxy) is 2. The van der Waals surface area contributed by atoms with Crippen LogP contribution in [0, 0.1) is 22.7 Å². The summed E-state index contributed by atoms with van der Waals surface area (Å²) < 4.78 is 12.1. The van der Waals surface area contributed by atoms with Crippen molar-refractivity contribution in [3.63, 3.8) is 0 Å². The number of hydrogen-bond acceptors (Lipinski definition) is 4. The Morgan fingerprint density at radius 3 is 2.78 bits per heavy atom. The van der Waals surface area contributed by atoms with Gasteiger partial charge in [0.15, 0.2) is 0 Å². The molecule has 7 atom stereocenters. The third kappa shape index (κ3) is 1.76. The highest BCUT2D eigenvalue weighted by Crippen LogP contribution is 2.80. The lowest BCUT2D eigenvalue weighted by Gasteiger charge is -2.58. The molecule has 0 aromatic rings. The van der Waals surface area contributed by atoms with Crippen LogP contribution in [0.25, 0.3) is 0 Å². The van der Waals surface area contributed by atoms with Crippen LogP contribution in [0.2, 0.25) is 0 Å². The van der Waals surface area contributed by atoms with Crippen molar-refractivity contribution in [1.82, 2.24) is 0 Å². The van der Waals surface area contributed by atoms with Crippen molar-refractivity contribution in [2.75, 3.05) is 6.61 Å². The second-order valence-corrected chi connectivity index (χ2v) is 10.5. The van der Waals surface area contributed by atoms with Gasteiger partial charge in [0, 0.05) is 17.1 Å². The Bertz CT molecular complexity index is 798. The Balaban J connectivity index is 1.37. The predicted molar refractivity (Wildman–Crippen MR) is 99.8 cm³/mol. The number of fused-ring (bicyclic) bond motifs is 2. The van der Waals surface area contributed by atoms with Crippen molar-refractivity contribution in [3.8, 4) is 0 Å². The van der Waals surface area contributed by atoms with Crippen molar-refractivity contribution < 1.29 is 19.4 Å². The Morgan fingerprint density at radius 2 is 2.00 bits per heavy atom. The van der Waals surface area contributed by atoms with Gasteiger partial charge in [0.2, 0.25) is 0 Å². The van der Waals surface area contributed by atoms with Crippen LogP contribution in [0.3, 0.4) is 0 Å². The maximum absolute atomic E-state index is 11.6. The molecular weight excluding hydrogens is 340 g/mol. The quantitative estimate of drug-likeness (QED) is 0.565. The number of cyclic esters (lactones) is 1. The van der Waals surface area contributed by atoms with Crippen molar-refractivity contribution in [3.05, 3.63) is 23.3 Å². The number of aliphatic hydroxyl groups excluding tert-OH is 1. The first-order valence-corrected chi connectivity index (χ1v) is 10.8. The summed E-state index contributed by atoms with van der Waals surface area (Å²) >= 11 is 0.